The molecule has 0 rings (SSSR count). The van der Waals surface area contributed by atoms with Gasteiger partial charge in [-0.05, 0) is 51.9 Å². The Morgan fingerprint density at radius 3 is 1.85 bits per heavy atom. The minimum Gasteiger partial charge on any atom is -0.394 e. The summed E-state index contributed by atoms with van der Waals surface area (Å²) in [5.41, 5.74) is 0. The first-order chi connectivity index (χ1) is 12.7. The second-order valence-electron chi connectivity index (χ2n) is 6.63. The summed E-state index contributed by atoms with van der Waals surface area (Å²) in [6.45, 7) is 4.02. The molecule has 0 aliphatic heterocycles. The molecule has 3 nitrogen and oxygen atoms in total. The van der Waals surface area contributed by atoms with E-state index < -0.39 is 0 Å². The van der Waals surface area contributed by atoms with Crippen LogP contribution in [-0.4, -0.2) is 23.7 Å². The lowest BCUT2D eigenvalue weighted by atomic mass is 10.2. The first kappa shape index (κ1) is 24.4. The minimum atomic E-state index is -0.154. The third kappa shape index (κ3) is 18.7. The molecular formula is C23H39NO2. The minimum absolute atomic E-state index is 0.0110. The Morgan fingerprint density at radius 1 is 0.846 bits per heavy atom. The van der Waals surface area contributed by atoms with Crippen molar-refractivity contribution in [2.75, 3.05) is 6.61 Å². The molecule has 0 fully saturated rings. The Balaban J connectivity index is 3.50. The highest BCUT2D eigenvalue weighted by atomic mass is 16.3. The van der Waals surface area contributed by atoms with E-state index in [1.165, 1.54) is 25.7 Å². The van der Waals surface area contributed by atoms with Crippen LogP contribution in [-0.2, 0) is 4.79 Å². The SMILES string of the molecule is CC(CO)[15NH]C(=O)CCC/C=C\C/C=C\C/C=C\C/C=C\CCCC[13CH3]. The van der Waals surface area contributed by atoms with Crippen molar-refractivity contribution in [3.8, 4) is 0 Å². The zero-order valence-corrected chi connectivity index (χ0v) is 16.8. The zero-order chi connectivity index (χ0) is 19.3. The van der Waals surface area contributed by atoms with Gasteiger partial charge in [-0.3, -0.25) is 4.79 Å². The highest BCUT2D eigenvalue weighted by molar-refractivity contribution is 5.76. The Bertz CT molecular complexity index is 435. The fourth-order valence-electron chi connectivity index (χ4n) is 2.33. The second-order valence-corrected chi connectivity index (χ2v) is 6.63. The number of allylic oxidation sites excluding steroid dienone is 8. The molecule has 0 saturated carbocycles. The molecule has 1 atom stereocenters. The molecule has 148 valence electrons. The van der Waals surface area contributed by atoms with Crippen LogP contribution in [0.2, 0.25) is 0 Å². The van der Waals surface area contributed by atoms with E-state index in [9.17, 15) is 4.79 Å². The third-order valence-corrected chi connectivity index (χ3v) is 3.91. The molecule has 3 heteroatoms. The largest absolute Gasteiger partial charge is 0.394 e. The van der Waals surface area contributed by atoms with E-state index in [4.69, 9.17) is 5.11 Å². The lowest BCUT2D eigenvalue weighted by molar-refractivity contribution is -0.122. The van der Waals surface area contributed by atoms with Gasteiger partial charge >= 0.3 is 0 Å². The van der Waals surface area contributed by atoms with E-state index in [1.54, 1.807) is 6.92 Å². The van der Waals surface area contributed by atoms with E-state index in [1.807, 2.05) is 0 Å². The topological polar surface area (TPSA) is 49.3 Å². The van der Waals surface area contributed by atoms with Crippen LogP contribution >= 0.6 is 0 Å². The first-order valence-electron chi connectivity index (χ1n) is 10.2. The Labute approximate surface area is 161 Å². The zero-order valence-electron chi connectivity index (χ0n) is 16.8. The number of amides is 1. The van der Waals surface area contributed by atoms with Gasteiger partial charge in [0.05, 0.1) is 6.61 Å². The number of rotatable bonds is 16. The van der Waals surface area contributed by atoms with Crippen LogP contribution in [0.25, 0.3) is 0 Å². The molecular weight excluding hydrogens is 324 g/mol. The molecule has 0 aromatic carbocycles. The van der Waals surface area contributed by atoms with E-state index in [2.05, 4.69) is 60.8 Å². The van der Waals surface area contributed by atoms with E-state index in [0.29, 0.717) is 6.42 Å². The van der Waals surface area contributed by atoms with Crippen molar-refractivity contribution in [2.45, 2.75) is 84.1 Å². The van der Waals surface area contributed by atoms with Gasteiger partial charge in [0.25, 0.3) is 0 Å². The first-order valence-corrected chi connectivity index (χ1v) is 10.2. The van der Waals surface area contributed by atoms with Crippen LogP contribution in [0.5, 0.6) is 0 Å². The van der Waals surface area contributed by atoms with Crippen molar-refractivity contribution in [1.82, 2.24) is 5.32 Å². The van der Waals surface area contributed by atoms with Crippen molar-refractivity contribution in [1.29, 1.82) is 0 Å². The lowest BCUT2D eigenvalue weighted by Crippen LogP contribution is -2.34. The van der Waals surface area contributed by atoms with Crippen LogP contribution in [0.3, 0.4) is 0 Å². The summed E-state index contributed by atoms with van der Waals surface area (Å²) in [5.74, 6) is 0.0161. The third-order valence-electron chi connectivity index (χ3n) is 3.91. The maximum Gasteiger partial charge on any atom is 0.220 e. The Kier molecular flexibility index (Phi) is 18.5. The smallest absolute Gasteiger partial charge is 0.220 e. The summed E-state index contributed by atoms with van der Waals surface area (Å²) in [5, 5.41) is 11.6. The predicted molar refractivity (Wildman–Crippen MR) is 113 cm³/mol. The van der Waals surface area contributed by atoms with Gasteiger partial charge < -0.3 is 10.4 Å². The summed E-state index contributed by atoms with van der Waals surface area (Å²) >= 11 is 0. The van der Waals surface area contributed by atoms with Crippen LogP contribution < -0.4 is 5.32 Å². The number of hydrogen-bond acceptors (Lipinski definition) is 2. The van der Waals surface area contributed by atoms with E-state index >= 15 is 0 Å². The molecule has 0 aromatic heterocycles. The molecule has 0 saturated heterocycles. The summed E-state index contributed by atoms with van der Waals surface area (Å²) in [4.78, 5) is 11.5. The molecule has 2 N–H and O–H groups in total. The van der Waals surface area contributed by atoms with Crippen LogP contribution in [0.15, 0.2) is 48.6 Å². The number of nitrogens with one attached hydrogen (secondary N) is 1. The monoisotopic (exact) mass is 363 g/mol. The van der Waals surface area contributed by atoms with Gasteiger partial charge in [-0.15, -0.1) is 0 Å². The average Bonchev–Trinajstić information content (AvgIpc) is 2.64. The highest BCUT2D eigenvalue weighted by Crippen LogP contribution is 2.01. The lowest BCUT2D eigenvalue weighted by Gasteiger charge is -2.09. The highest BCUT2D eigenvalue weighted by Gasteiger charge is 2.04. The van der Waals surface area contributed by atoms with Gasteiger partial charge in [-0.25, -0.2) is 0 Å². The second kappa shape index (κ2) is 19.7. The molecule has 0 spiro atoms. The molecule has 0 radical (unpaired) electrons. The molecule has 0 bridgehead atoms. The standard InChI is InChI=1S/C23H39NO2/c1-3-4-5-6-7-8-9-10-11-12-13-14-15-16-17-18-19-20-23(26)24-22(2)21-25/h7-8,10-11,13-14,16-17,22,25H,3-6,9,12,15,18-21H2,1-2H3,(H,24,26)/b8-7-,11-10-,14-13-,17-16-/i1+1,24+1. The number of carbonyl (C=O) groups is 1. The van der Waals surface area contributed by atoms with Gasteiger partial charge in [0.15, 0.2) is 0 Å². The van der Waals surface area contributed by atoms with Crippen LogP contribution in [0, 0.1) is 0 Å². The summed E-state index contributed by atoms with van der Waals surface area (Å²) in [6, 6.07) is -0.154. The molecule has 0 heterocycles. The van der Waals surface area contributed by atoms with Gasteiger partial charge in [0, 0.05) is 12.5 Å². The van der Waals surface area contributed by atoms with Gasteiger partial charge in [0.1, 0.15) is 0 Å². The van der Waals surface area contributed by atoms with Crippen molar-refractivity contribution in [3.05, 3.63) is 48.6 Å². The molecule has 1 unspecified atom stereocenters. The molecule has 26 heavy (non-hydrogen) atoms. The molecule has 0 aliphatic rings. The number of carbonyl (C=O) groups excluding carboxylic acids is 1. The van der Waals surface area contributed by atoms with Crippen molar-refractivity contribution < 1.29 is 9.90 Å². The average molecular weight is 364 g/mol. The summed E-state index contributed by atoms with van der Waals surface area (Å²) in [6.07, 6.45) is 28.0. The fraction of sp³-hybridized carbons (Fsp3) is 0.609. The maximum atomic E-state index is 11.5. The van der Waals surface area contributed by atoms with Gasteiger partial charge in [0.2, 0.25) is 5.91 Å². The number of hydrogen-bond donors (Lipinski definition) is 2. The van der Waals surface area contributed by atoms with E-state index in [0.717, 1.165) is 32.1 Å². The molecule has 1 amide bonds. The fourth-order valence-corrected chi connectivity index (χ4v) is 2.33. The van der Waals surface area contributed by atoms with Crippen molar-refractivity contribution in [3.63, 3.8) is 0 Å². The van der Waals surface area contributed by atoms with Gasteiger partial charge in [-0.1, -0.05) is 68.4 Å². The Morgan fingerprint density at radius 2 is 1.35 bits per heavy atom. The normalized spacial score (nSPS) is 13.5. The van der Waals surface area contributed by atoms with E-state index in [-0.39, 0.29) is 18.6 Å². The summed E-state index contributed by atoms with van der Waals surface area (Å²) < 4.78 is 0. The number of aliphatic hydroxyl groups is 1. The Hall–Kier alpha value is -1.61. The van der Waals surface area contributed by atoms with Crippen LogP contribution in [0.4, 0.5) is 0 Å². The molecule has 0 aliphatic carbocycles. The molecule has 0 aromatic rings. The summed E-state index contributed by atoms with van der Waals surface area (Å²) in [7, 11) is 0. The predicted octanol–water partition coefficient (Wildman–Crippen LogP) is 5.63. The number of unbranched alkanes of at least 4 members (excludes halogenated alkanes) is 4. The number of aliphatic hydroxyl groups excluding tert-OH is 1. The van der Waals surface area contributed by atoms with Crippen LogP contribution in [0.1, 0.15) is 78.1 Å². The quantitative estimate of drug-likeness (QED) is 0.162. The van der Waals surface area contributed by atoms with Gasteiger partial charge in [-0.2, -0.15) is 0 Å². The van der Waals surface area contributed by atoms with Crippen molar-refractivity contribution in [2.24, 2.45) is 0 Å². The van der Waals surface area contributed by atoms with Crippen molar-refractivity contribution >= 4 is 5.91 Å². The maximum absolute atomic E-state index is 11.5.